The molecule has 0 aromatic rings. The molecule has 2 aliphatic rings. The number of methoxy groups -OCH3 is 2. The van der Waals surface area contributed by atoms with Gasteiger partial charge in [-0.05, 0) is 45.1 Å². The summed E-state index contributed by atoms with van der Waals surface area (Å²) in [6.07, 6.45) is 2.72. The Balaban J connectivity index is 2.62. The standard InChI is InChI=1S/C31H45N3O9/c1-16-11-21-26(33-15-20(5)35)23(36)14-22(28(21)38)34-30(39)17(2)9-8-10-24(41-6)29(43-31(32)40)19(4)13-18(3)27(37)25(12-16)42-7/h8-10,13-14,16,18,20,24-25,27,29,33,35,37H,11-12,15H2,1-7H3,(H2,32,40)(H,34,39)/b10-8-,17-9+,19-13+/t16-,18+,20?,24+,25+,27-,29+/m1/s1. The van der Waals surface area contributed by atoms with Crippen LogP contribution in [0.2, 0.25) is 0 Å². The van der Waals surface area contributed by atoms with Crippen LogP contribution in [0.15, 0.2) is 58.5 Å². The first-order valence-electron chi connectivity index (χ1n) is 14.2. The second kappa shape index (κ2) is 16.3. The molecule has 1 aliphatic carbocycles. The van der Waals surface area contributed by atoms with Crippen molar-refractivity contribution in [2.45, 2.75) is 78.0 Å². The third-order valence-electron chi connectivity index (χ3n) is 7.37. The van der Waals surface area contributed by atoms with Gasteiger partial charge in [0.05, 0.1) is 29.7 Å². The number of amides is 2. The van der Waals surface area contributed by atoms with Crippen LogP contribution >= 0.6 is 0 Å². The van der Waals surface area contributed by atoms with E-state index in [-0.39, 0.29) is 41.4 Å². The van der Waals surface area contributed by atoms with Gasteiger partial charge in [-0.3, -0.25) is 14.4 Å². The van der Waals surface area contributed by atoms with E-state index in [1.165, 1.54) is 33.3 Å². The largest absolute Gasteiger partial charge is 0.439 e. The zero-order valence-electron chi connectivity index (χ0n) is 25.9. The van der Waals surface area contributed by atoms with Crippen molar-refractivity contribution in [1.82, 2.24) is 10.6 Å². The van der Waals surface area contributed by atoms with Crippen molar-refractivity contribution in [2.24, 2.45) is 17.6 Å². The number of carbonyl (C=O) groups is 4. The first-order valence-corrected chi connectivity index (χ1v) is 14.2. The minimum Gasteiger partial charge on any atom is -0.439 e. The number of fused-ring (bicyclic) bond motifs is 2. The van der Waals surface area contributed by atoms with Gasteiger partial charge in [-0.1, -0.05) is 38.2 Å². The number of ketones is 2. The van der Waals surface area contributed by atoms with Gasteiger partial charge in [-0.15, -0.1) is 0 Å². The number of primary amides is 1. The SMILES string of the molecule is CO[C@H]1/C=C\C=C(/C)C(=O)NC2=CC(=O)C(NCC(C)O)=C(C[C@@H](C)C[C@H](OC)[C@H](O)[C@@H](C)/C=C(\C)[C@@H]1OC(N)=O)C2=O. The van der Waals surface area contributed by atoms with Crippen molar-refractivity contribution in [3.05, 3.63) is 58.5 Å². The van der Waals surface area contributed by atoms with Gasteiger partial charge < -0.3 is 40.8 Å². The molecule has 6 N–H and O–H groups in total. The summed E-state index contributed by atoms with van der Waals surface area (Å²) in [6, 6.07) is 0. The second-order valence-electron chi connectivity index (χ2n) is 11.2. The maximum absolute atomic E-state index is 13.6. The van der Waals surface area contributed by atoms with Crippen LogP contribution in [0.3, 0.4) is 0 Å². The number of hydrogen-bond donors (Lipinski definition) is 5. The van der Waals surface area contributed by atoms with Gasteiger partial charge in [-0.2, -0.15) is 0 Å². The number of ether oxygens (including phenoxy) is 3. The number of aliphatic hydroxyl groups is 2. The van der Waals surface area contributed by atoms with Gasteiger partial charge in [-0.25, -0.2) is 4.79 Å². The maximum atomic E-state index is 13.6. The van der Waals surface area contributed by atoms with E-state index >= 15 is 0 Å². The number of nitrogens with one attached hydrogen (secondary N) is 2. The lowest BCUT2D eigenvalue weighted by Crippen LogP contribution is -2.38. The van der Waals surface area contributed by atoms with Gasteiger partial charge in [0, 0.05) is 43.9 Å². The fourth-order valence-electron chi connectivity index (χ4n) is 5.03. The zero-order chi connectivity index (χ0) is 32.4. The smallest absolute Gasteiger partial charge is 0.405 e. The van der Waals surface area contributed by atoms with Crippen molar-refractivity contribution >= 4 is 23.6 Å². The molecule has 0 radical (unpaired) electrons. The number of rotatable bonds is 6. The minimum absolute atomic E-state index is 0.0431. The van der Waals surface area contributed by atoms with Crippen LogP contribution in [0.5, 0.6) is 0 Å². The van der Waals surface area contributed by atoms with E-state index < -0.39 is 60.0 Å². The monoisotopic (exact) mass is 603 g/mol. The number of Topliss-reactive ketones (excluding diaryl/α,β-unsaturated/α-hetero) is 1. The minimum atomic E-state index is -1.01. The summed E-state index contributed by atoms with van der Waals surface area (Å²) in [6.45, 7) is 8.50. The van der Waals surface area contributed by atoms with E-state index in [1.807, 2.05) is 6.92 Å². The Morgan fingerprint density at radius 3 is 2.44 bits per heavy atom. The highest BCUT2D eigenvalue weighted by atomic mass is 16.6. The normalized spacial score (nSPS) is 32.0. The lowest BCUT2D eigenvalue weighted by molar-refractivity contribution is -0.120. The molecule has 238 valence electrons. The molecule has 0 aromatic carbocycles. The average molecular weight is 604 g/mol. The summed E-state index contributed by atoms with van der Waals surface area (Å²) in [7, 11) is 2.90. The van der Waals surface area contributed by atoms with Gasteiger partial charge in [0.1, 0.15) is 6.10 Å². The average Bonchev–Trinajstić information content (AvgIpc) is 2.93. The molecule has 2 rings (SSSR count). The molecule has 0 aromatic heterocycles. The van der Waals surface area contributed by atoms with Gasteiger partial charge in [0.25, 0.3) is 5.91 Å². The molecule has 0 fully saturated rings. The number of carbonyl (C=O) groups excluding carboxylic acids is 4. The van der Waals surface area contributed by atoms with Crippen molar-refractivity contribution in [3.63, 3.8) is 0 Å². The summed E-state index contributed by atoms with van der Waals surface area (Å²) in [5.41, 5.74) is 6.19. The summed E-state index contributed by atoms with van der Waals surface area (Å²) in [5, 5.41) is 26.4. The van der Waals surface area contributed by atoms with Crippen LogP contribution in [0.4, 0.5) is 4.79 Å². The Morgan fingerprint density at radius 2 is 1.86 bits per heavy atom. The molecule has 0 saturated carbocycles. The van der Waals surface area contributed by atoms with Crippen LogP contribution in [-0.2, 0) is 28.6 Å². The highest BCUT2D eigenvalue weighted by Gasteiger charge is 2.33. The molecular weight excluding hydrogens is 558 g/mol. The molecule has 1 heterocycles. The third-order valence-corrected chi connectivity index (χ3v) is 7.37. The maximum Gasteiger partial charge on any atom is 0.405 e. The third kappa shape index (κ3) is 9.99. The molecule has 12 nitrogen and oxygen atoms in total. The first kappa shape index (κ1) is 35.6. The first-order chi connectivity index (χ1) is 20.2. The van der Waals surface area contributed by atoms with Gasteiger partial charge in [0.15, 0.2) is 6.10 Å². The van der Waals surface area contributed by atoms with Gasteiger partial charge >= 0.3 is 6.09 Å². The van der Waals surface area contributed by atoms with E-state index in [2.05, 4.69) is 10.6 Å². The number of hydrogen-bond acceptors (Lipinski definition) is 10. The highest BCUT2D eigenvalue weighted by molar-refractivity contribution is 6.23. The molecule has 0 spiro atoms. The Bertz CT molecular complexity index is 1210. The molecule has 1 aliphatic heterocycles. The quantitative estimate of drug-likeness (QED) is 0.221. The predicted molar refractivity (Wildman–Crippen MR) is 159 cm³/mol. The summed E-state index contributed by atoms with van der Waals surface area (Å²) in [4.78, 5) is 51.4. The summed E-state index contributed by atoms with van der Waals surface area (Å²) < 4.78 is 16.5. The van der Waals surface area contributed by atoms with E-state index in [0.29, 0.717) is 12.0 Å². The highest BCUT2D eigenvalue weighted by Crippen LogP contribution is 2.28. The van der Waals surface area contributed by atoms with Crippen LogP contribution in [0.1, 0.15) is 47.5 Å². The lowest BCUT2D eigenvalue weighted by Gasteiger charge is -2.30. The fraction of sp³-hybridized carbons (Fsp3) is 0.548. The number of allylic oxidation sites excluding steroid dienone is 4. The zero-order valence-corrected chi connectivity index (χ0v) is 25.9. The molecule has 7 atom stereocenters. The van der Waals surface area contributed by atoms with Crippen molar-refractivity contribution < 1.29 is 43.6 Å². The van der Waals surface area contributed by atoms with E-state index in [9.17, 15) is 29.4 Å². The lowest BCUT2D eigenvalue weighted by atomic mass is 9.85. The Morgan fingerprint density at radius 1 is 1.19 bits per heavy atom. The Labute approximate surface area is 252 Å². The van der Waals surface area contributed by atoms with Gasteiger partial charge in [0.2, 0.25) is 11.6 Å². The topological polar surface area (TPSA) is 187 Å². The molecule has 43 heavy (non-hydrogen) atoms. The Hall–Kier alpha value is -3.58. The van der Waals surface area contributed by atoms with Crippen LogP contribution in [0.25, 0.3) is 0 Å². The molecule has 2 bridgehead atoms. The van der Waals surface area contributed by atoms with E-state index in [1.54, 1.807) is 32.9 Å². The van der Waals surface area contributed by atoms with Crippen molar-refractivity contribution in [1.29, 1.82) is 0 Å². The second-order valence-corrected chi connectivity index (χ2v) is 11.2. The Kier molecular flexibility index (Phi) is 13.5. The van der Waals surface area contributed by atoms with E-state index in [0.717, 1.165) is 6.08 Å². The van der Waals surface area contributed by atoms with Crippen LogP contribution in [-0.4, -0.2) is 85.1 Å². The molecule has 2 amide bonds. The van der Waals surface area contributed by atoms with E-state index in [4.69, 9.17) is 19.9 Å². The molecule has 12 heteroatoms. The molecule has 1 unspecified atom stereocenters. The summed E-state index contributed by atoms with van der Waals surface area (Å²) in [5.74, 6) is -2.35. The predicted octanol–water partition coefficient (Wildman–Crippen LogP) is 1.73. The fourth-order valence-corrected chi connectivity index (χ4v) is 5.03. The molecular formula is C31H45N3O9. The van der Waals surface area contributed by atoms with Crippen LogP contribution < -0.4 is 16.4 Å². The summed E-state index contributed by atoms with van der Waals surface area (Å²) >= 11 is 0. The van der Waals surface area contributed by atoms with Crippen molar-refractivity contribution in [3.8, 4) is 0 Å². The molecule has 0 saturated heterocycles. The van der Waals surface area contributed by atoms with Crippen LogP contribution in [0, 0.1) is 11.8 Å². The number of aliphatic hydroxyl groups excluding tert-OH is 2. The van der Waals surface area contributed by atoms with Crippen molar-refractivity contribution in [2.75, 3.05) is 20.8 Å². The number of nitrogens with two attached hydrogens (primary N) is 1.